The summed E-state index contributed by atoms with van der Waals surface area (Å²) in [5, 5.41) is 18.6. The zero-order valence-electron chi connectivity index (χ0n) is 19.7. The fourth-order valence-electron chi connectivity index (χ4n) is 4.62. The van der Waals surface area contributed by atoms with Crippen molar-refractivity contribution in [1.82, 2.24) is 9.47 Å². The lowest BCUT2D eigenvalue weighted by Crippen LogP contribution is -2.24. The number of nitro benzene ring substituents is 1. The van der Waals surface area contributed by atoms with Gasteiger partial charge in [0, 0.05) is 36.3 Å². The number of aromatic nitrogens is 1. The summed E-state index contributed by atoms with van der Waals surface area (Å²) in [7, 11) is 0. The van der Waals surface area contributed by atoms with E-state index in [1.54, 1.807) is 36.4 Å². The van der Waals surface area contributed by atoms with Crippen LogP contribution in [0, 0.1) is 15.0 Å². The molecule has 0 spiro atoms. The number of aliphatic imine (C=N–C) groups is 1. The fourth-order valence-corrected chi connectivity index (χ4v) is 4.62. The van der Waals surface area contributed by atoms with Gasteiger partial charge < -0.3 is 14.8 Å². The standard InChI is InChI=1S/C27H26N6O3/c34-30-22-9-7-20(8-10-22)28-19-26-27(29-21-11-13-23(14-12-21)33(35)36)24-5-1-2-6-25(24)32(26)18-17-31-15-3-4-16-31/h1-2,5-14,19,29H,3-4,15-18H2. The Morgan fingerprint density at radius 1 is 0.917 bits per heavy atom. The van der Waals surface area contributed by atoms with Gasteiger partial charge >= 0.3 is 0 Å². The zero-order valence-corrected chi connectivity index (χ0v) is 19.7. The number of fused-ring (bicyclic) bond motifs is 1. The summed E-state index contributed by atoms with van der Waals surface area (Å²) >= 11 is 0. The van der Waals surface area contributed by atoms with Crippen LogP contribution >= 0.6 is 0 Å². The van der Waals surface area contributed by atoms with Crippen molar-refractivity contribution in [2.24, 2.45) is 10.2 Å². The third-order valence-corrected chi connectivity index (χ3v) is 6.49. The maximum absolute atomic E-state index is 11.1. The molecule has 4 aromatic rings. The highest BCUT2D eigenvalue weighted by atomic mass is 16.6. The third-order valence-electron chi connectivity index (χ3n) is 6.49. The number of hydrogen-bond acceptors (Lipinski definition) is 7. The second-order valence-electron chi connectivity index (χ2n) is 8.77. The lowest BCUT2D eigenvalue weighted by molar-refractivity contribution is -0.384. The number of para-hydroxylation sites is 1. The number of nitro groups is 1. The Kier molecular flexibility index (Phi) is 6.81. The molecule has 0 unspecified atom stereocenters. The molecule has 1 aromatic heterocycles. The van der Waals surface area contributed by atoms with E-state index in [2.05, 4.69) is 32.1 Å². The van der Waals surface area contributed by atoms with E-state index in [4.69, 9.17) is 4.99 Å². The minimum absolute atomic E-state index is 0.0450. The Bertz CT molecular complexity index is 1400. The van der Waals surface area contributed by atoms with Gasteiger partial charge in [0.2, 0.25) is 0 Å². The van der Waals surface area contributed by atoms with Crippen LogP contribution in [0.15, 0.2) is 83.0 Å². The number of rotatable bonds is 9. The van der Waals surface area contributed by atoms with Gasteiger partial charge in [-0.25, -0.2) is 0 Å². The Labute approximate surface area is 208 Å². The molecule has 9 heteroatoms. The Balaban J connectivity index is 1.56. The first kappa shape index (κ1) is 23.4. The van der Waals surface area contributed by atoms with Crippen LogP contribution in [0.2, 0.25) is 0 Å². The predicted molar refractivity (Wildman–Crippen MR) is 143 cm³/mol. The smallest absolute Gasteiger partial charge is 0.269 e. The van der Waals surface area contributed by atoms with Crippen molar-refractivity contribution in [3.05, 3.63) is 93.5 Å². The first-order valence-electron chi connectivity index (χ1n) is 11.9. The molecule has 9 nitrogen and oxygen atoms in total. The number of non-ortho nitro benzene ring substituents is 1. The van der Waals surface area contributed by atoms with Crippen molar-refractivity contribution >= 4 is 45.6 Å². The largest absolute Gasteiger partial charge is 0.353 e. The van der Waals surface area contributed by atoms with Crippen molar-refractivity contribution in [2.45, 2.75) is 19.4 Å². The summed E-state index contributed by atoms with van der Waals surface area (Å²) in [5.41, 5.74) is 4.74. The van der Waals surface area contributed by atoms with Gasteiger partial charge in [-0.15, -0.1) is 4.91 Å². The molecule has 0 atom stereocenters. The molecule has 182 valence electrons. The van der Waals surface area contributed by atoms with Crippen molar-refractivity contribution in [3.8, 4) is 0 Å². The van der Waals surface area contributed by atoms with E-state index in [1.807, 2.05) is 18.3 Å². The van der Waals surface area contributed by atoms with E-state index in [0.717, 1.165) is 54.2 Å². The number of benzene rings is 3. The van der Waals surface area contributed by atoms with Crippen LogP contribution in [0.25, 0.3) is 10.9 Å². The van der Waals surface area contributed by atoms with Crippen molar-refractivity contribution in [3.63, 3.8) is 0 Å². The van der Waals surface area contributed by atoms with Gasteiger partial charge in [-0.05, 0) is 73.6 Å². The van der Waals surface area contributed by atoms with E-state index in [1.165, 1.54) is 25.0 Å². The molecule has 1 fully saturated rings. The topological polar surface area (TPSA) is 105 Å². The monoisotopic (exact) mass is 482 g/mol. The van der Waals surface area contributed by atoms with Gasteiger partial charge in [0.05, 0.1) is 33.7 Å². The molecule has 1 N–H and O–H groups in total. The van der Waals surface area contributed by atoms with Crippen LogP contribution in [0.3, 0.4) is 0 Å². The fraction of sp³-hybridized carbons (Fsp3) is 0.222. The van der Waals surface area contributed by atoms with Crippen molar-refractivity contribution in [1.29, 1.82) is 0 Å². The van der Waals surface area contributed by atoms with Gasteiger partial charge in [0.1, 0.15) is 5.69 Å². The van der Waals surface area contributed by atoms with Crippen LogP contribution in [0.1, 0.15) is 18.5 Å². The molecule has 0 aliphatic carbocycles. The summed E-state index contributed by atoms with van der Waals surface area (Å²) < 4.78 is 2.27. The lowest BCUT2D eigenvalue weighted by Gasteiger charge is -2.17. The van der Waals surface area contributed by atoms with E-state index in [0.29, 0.717) is 11.4 Å². The van der Waals surface area contributed by atoms with Gasteiger partial charge in [-0.3, -0.25) is 15.1 Å². The van der Waals surface area contributed by atoms with E-state index in [-0.39, 0.29) is 5.69 Å². The van der Waals surface area contributed by atoms with Crippen LogP contribution in [-0.2, 0) is 6.54 Å². The molecule has 5 rings (SSSR count). The molecule has 1 aliphatic rings. The molecular formula is C27H26N6O3. The molecule has 1 saturated heterocycles. The highest BCUT2D eigenvalue weighted by molar-refractivity contribution is 6.05. The number of nitrogens with zero attached hydrogens (tertiary/aromatic N) is 5. The first-order valence-corrected chi connectivity index (χ1v) is 11.9. The normalized spacial score (nSPS) is 14.0. The minimum atomic E-state index is -0.405. The van der Waals surface area contributed by atoms with Gasteiger partial charge in [-0.1, -0.05) is 18.2 Å². The molecule has 3 aromatic carbocycles. The molecule has 1 aliphatic heterocycles. The Morgan fingerprint density at radius 3 is 2.31 bits per heavy atom. The highest BCUT2D eigenvalue weighted by Gasteiger charge is 2.18. The number of likely N-dealkylation sites (tertiary alicyclic amines) is 1. The minimum Gasteiger partial charge on any atom is -0.353 e. The molecule has 0 amide bonds. The number of nitrogens with one attached hydrogen (secondary N) is 1. The first-order chi connectivity index (χ1) is 17.6. The average Bonchev–Trinajstić information content (AvgIpc) is 3.53. The SMILES string of the molecule is O=Nc1ccc(N=Cc2c(Nc3ccc([N+](=O)[O-])cc3)c3ccccc3n2CCN2CCCC2)cc1. The summed E-state index contributed by atoms with van der Waals surface area (Å²) in [6.45, 7) is 3.98. The van der Waals surface area contributed by atoms with Gasteiger partial charge in [0.25, 0.3) is 5.69 Å². The summed E-state index contributed by atoms with van der Waals surface area (Å²) in [4.78, 5) is 28.6. The molecule has 0 saturated carbocycles. The predicted octanol–water partition coefficient (Wildman–Crippen LogP) is 6.54. The molecule has 0 radical (unpaired) electrons. The molecule has 2 heterocycles. The molecular weight excluding hydrogens is 456 g/mol. The van der Waals surface area contributed by atoms with E-state index in [9.17, 15) is 15.0 Å². The number of nitroso groups, excluding NO2 is 1. The summed E-state index contributed by atoms with van der Waals surface area (Å²) in [6.07, 6.45) is 4.31. The van der Waals surface area contributed by atoms with Crippen molar-refractivity contribution < 1.29 is 4.92 Å². The molecule has 0 bridgehead atoms. The Morgan fingerprint density at radius 2 is 1.61 bits per heavy atom. The number of hydrogen-bond donors (Lipinski definition) is 1. The summed E-state index contributed by atoms with van der Waals surface area (Å²) in [6, 6.07) is 21.4. The lowest BCUT2D eigenvalue weighted by atomic mass is 10.2. The maximum Gasteiger partial charge on any atom is 0.269 e. The van der Waals surface area contributed by atoms with Gasteiger partial charge in [-0.2, -0.15) is 0 Å². The van der Waals surface area contributed by atoms with Crippen LogP contribution < -0.4 is 5.32 Å². The Hall–Kier alpha value is -4.37. The van der Waals surface area contributed by atoms with Crippen LogP contribution in [0.5, 0.6) is 0 Å². The van der Waals surface area contributed by atoms with E-state index >= 15 is 0 Å². The zero-order chi connectivity index (χ0) is 24.9. The third kappa shape index (κ3) is 5.01. The maximum atomic E-state index is 11.1. The molecule has 36 heavy (non-hydrogen) atoms. The number of anilines is 2. The van der Waals surface area contributed by atoms with Crippen LogP contribution in [0.4, 0.5) is 28.4 Å². The van der Waals surface area contributed by atoms with Crippen LogP contribution in [-0.4, -0.2) is 40.2 Å². The summed E-state index contributed by atoms with van der Waals surface area (Å²) in [5.74, 6) is 0. The van der Waals surface area contributed by atoms with Gasteiger partial charge in [0.15, 0.2) is 0 Å². The second kappa shape index (κ2) is 10.5. The quantitative estimate of drug-likeness (QED) is 0.126. The van der Waals surface area contributed by atoms with Crippen molar-refractivity contribution in [2.75, 3.05) is 25.0 Å². The second-order valence-corrected chi connectivity index (χ2v) is 8.77. The van der Waals surface area contributed by atoms with E-state index < -0.39 is 4.92 Å². The average molecular weight is 483 g/mol. The highest BCUT2D eigenvalue weighted by Crippen LogP contribution is 2.34.